The summed E-state index contributed by atoms with van der Waals surface area (Å²) < 4.78 is 0. The van der Waals surface area contributed by atoms with Crippen LogP contribution in [0.5, 0.6) is 5.75 Å². The van der Waals surface area contributed by atoms with Gasteiger partial charge in [-0.05, 0) is 29.8 Å². The van der Waals surface area contributed by atoms with Gasteiger partial charge in [-0.25, -0.2) is 6.57 Å². The van der Waals surface area contributed by atoms with E-state index in [2.05, 4.69) is 9.83 Å². The average molecular weight is 198 g/mol. The monoisotopic (exact) mass is 198 g/mol. The van der Waals surface area contributed by atoms with Crippen molar-refractivity contribution in [1.29, 1.82) is 0 Å². The molecular formula is C12H10N2O. The topological polar surface area (TPSA) is 37.5 Å². The summed E-state index contributed by atoms with van der Waals surface area (Å²) in [5.41, 5.74) is 1.89. The molecule has 2 aromatic rings. The van der Waals surface area contributed by atoms with E-state index in [0.29, 0.717) is 13.0 Å². The standard InChI is InChI=1S/C12H10N2O/c1-13-5-4-9-6-10-7-11(15)2-3-12(10)14-8-9/h2-3,6-8,15H,4-5H2. The van der Waals surface area contributed by atoms with E-state index in [1.165, 1.54) is 0 Å². The van der Waals surface area contributed by atoms with E-state index in [1.54, 1.807) is 24.4 Å². The van der Waals surface area contributed by atoms with Gasteiger partial charge in [0, 0.05) is 18.0 Å². The number of nitrogens with zero attached hydrogens (tertiary/aromatic N) is 2. The maximum absolute atomic E-state index is 9.32. The smallest absolute Gasteiger partial charge is 0.218 e. The van der Waals surface area contributed by atoms with Crippen LogP contribution in [0.4, 0.5) is 0 Å². The predicted octanol–water partition coefficient (Wildman–Crippen LogP) is 2.40. The van der Waals surface area contributed by atoms with Gasteiger partial charge < -0.3 is 9.95 Å². The Bertz CT molecular complexity index is 529. The molecule has 0 bridgehead atoms. The molecule has 0 radical (unpaired) electrons. The van der Waals surface area contributed by atoms with Crippen molar-refractivity contribution in [2.75, 3.05) is 6.54 Å². The van der Waals surface area contributed by atoms with Crippen LogP contribution in [0.3, 0.4) is 0 Å². The van der Waals surface area contributed by atoms with Crippen molar-refractivity contribution in [2.45, 2.75) is 6.42 Å². The molecule has 1 heterocycles. The molecule has 0 aliphatic carbocycles. The Morgan fingerprint density at radius 3 is 3.00 bits per heavy atom. The van der Waals surface area contributed by atoms with Crippen molar-refractivity contribution in [3.63, 3.8) is 0 Å². The summed E-state index contributed by atoms with van der Waals surface area (Å²) in [7, 11) is 0. The first-order valence-electron chi connectivity index (χ1n) is 4.70. The molecule has 0 aliphatic rings. The summed E-state index contributed by atoms with van der Waals surface area (Å²) in [6.45, 7) is 7.19. The van der Waals surface area contributed by atoms with E-state index in [9.17, 15) is 5.11 Å². The number of benzene rings is 1. The number of aromatic nitrogens is 1. The van der Waals surface area contributed by atoms with Crippen LogP contribution >= 0.6 is 0 Å². The van der Waals surface area contributed by atoms with Crippen LogP contribution in [0.1, 0.15) is 5.56 Å². The number of aromatic hydroxyl groups is 1. The summed E-state index contributed by atoms with van der Waals surface area (Å²) in [5.74, 6) is 0.242. The summed E-state index contributed by atoms with van der Waals surface area (Å²) in [6, 6.07) is 7.05. The van der Waals surface area contributed by atoms with E-state index in [4.69, 9.17) is 6.57 Å². The summed E-state index contributed by atoms with van der Waals surface area (Å²) in [6.07, 6.45) is 2.49. The van der Waals surface area contributed by atoms with Crippen molar-refractivity contribution in [3.8, 4) is 5.75 Å². The fraction of sp³-hybridized carbons (Fsp3) is 0.167. The zero-order valence-corrected chi connectivity index (χ0v) is 8.14. The molecule has 0 atom stereocenters. The maximum Gasteiger partial charge on any atom is 0.218 e. The Balaban J connectivity index is 2.41. The van der Waals surface area contributed by atoms with Crippen molar-refractivity contribution >= 4 is 10.9 Å². The Hall–Kier alpha value is -2.08. The van der Waals surface area contributed by atoms with Crippen molar-refractivity contribution < 1.29 is 5.11 Å². The number of hydrogen-bond acceptors (Lipinski definition) is 2. The molecule has 3 heteroatoms. The van der Waals surface area contributed by atoms with Crippen LogP contribution in [-0.2, 0) is 6.42 Å². The van der Waals surface area contributed by atoms with Crippen molar-refractivity contribution in [3.05, 3.63) is 47.4 Å². The highest BCUT2D eigenvalue weighted by atomic mass is 16.3. The van der Waals surface area contributed by atoms with Crippen LogP contribution in [0.2, 0.25) is 0 Å². The maximum atomic E-state index is 9.32. The van der Waals surface area contributed by atoms with Crippen molar-refractivity contribution in [2.24, 2.45) is 0 Å². The number of fused-ring (bicyclic) bond motifs is 1. The highest BCUT2D eigenvalue weighted by molar-refractivity contribution is 5.80. The predicted molar refractivity (Wildman–Crippen MR) is 58.6 cm³/mol. The van der Waals surface area contributed by atoms with Gasteiger partial charge in [-0.15, -0.1) is 0 Å². The molecule has 0 unspecified atom stereocenters. The number of hydrogen-bond donors (Lipinski definition) is 1. The van der Waals surface area contributed by atoms with Gasteiger partial charge in [-0.3, -0.25) is 4.98 Å². The molecule has 15 heavy (non-hydrogen) atoms. The van der Waals surface area contributed by atoms with Gasteiger partial charge in [-0.2, -0.15) is 0 Å². The van der Waals surface area contributed by atoms with E-state index in [1.807, 2.05) is 6.07 Å². The molecule has 0 saturated carbocycles. The second-order valence-corrected chi connectivity index (χ2v) is 3.35. The minimum atomic E-state index is 0.242. The van der Waals surface area contributed by atoms with Gasteiger partial charge in [0.25, 0.3) is 0 Å². The van der Waals surface area contributed by atoms with Crippen LogP contribution in [0.25, 0.3) is 15.7 Å². The molecule has 1 N–H and O–H groups in total. The van der Waals surface area contributed by atoms with E-state index in [0.717, 1.165) is 16.5 Å². The second-order valence-electron chi connectivity index (χ2n) is 3.35. The number of pyridine rings is 1. The SMILES string of the molecule is [C-]#[N+]CCc1cnc2ccc(O)cc2c1. The van der Waals surface area contributed by atoms with Gasteiger partial charge in [0.2, 0.25) is 6.54 Å². The average Bonchev–Trinajstić information content (AvgIpc) is 2.25. The Labute approximate surface area is 87.8 Å². The number of phenolic OH excluding ortho intramolecular Hbond substituents is 1. The molecule has 0 amide bonds. The first-order valence-corrected chi connectivity index (χ1v) is 4.70. The lowest BCUT2D eigenvalue weighted by Crippen LogP contribution is -1.89. The molecule has 0 fully saturated rings. The Morgan fingerprint density at radius 2 is 2.20 bits per heavy atom. The first-order chi connectivity index (χ1) is 7.29. The lowest BCUT2D eigenvalue weighted by atomic mass is 10.1. The molecule has 2 rings (SSSR count). The van der Waals surface area contributed by atoms with Crippen LogP contribution in [0, 0.1) is 6.57 Å². The number of phenols is 1. The van der Waals surface area contributed by atoms with E-state index < -0.39 is 0 Å². The third kappa shape index (κ3) is 2.05. The minimum Gasteiger partial charge on any atom is -0.508 e. The molecule has 0 aliphatic heterocycles. The minimum absolute atomic E-state index is 0.242. The van der Waals surface area contributed by atoms with Gasteiger partial charge in [0.05, 0.1) is 5.52 Å². The van der Waals surface area contributed by atoms with Crippen LogP contribution < -0.4 is 0 Å². The van der Waals surface area contributed by atoms with Gasteiger partial charge in [-0.1, -0.05) is 0 Å². The fourth-order valence-corrected chi connectivity index (χ4v) is 1.49. The Morgan fingerprint density at radius 1 is 1.33 bits per heavy atom. The second kappa shape index (κ2) is 3.97. The molecular weight excluding hydrogens is 188 g/mol. The first kappa shape index (κ1) is 9.47. The third-order valence-corrected chi connectivity index (χ3v) is 2.23. The normalized spacial score (nSPS) is 10.1. The molecule has 0 spiro atoms. The quantitative estimate of drug-likeness (QED) is 0.752. The summed E-state index contributed by atoms with van der Waals surface area (Å²) >= 11 is 0. The van der Waals surface area contributed by atoms with Crippen LogP contribution in [-0.4, -0.2) is 16.6 Å². The van der Waals surface area contributed by atoms with Gasteiger partial charge in [0.15, 0.2) is 0 Å². The molecule has 74 valence electrons. The molecule has 1 aromatic heterocycles. The largest absolute Gasteiger partial charge is 0.508 e. The van der Waals surface area contributed by atoms with Gasteiger partial charge in [0.1, 0.15) is 5.75 Å². The number of rotatable bonds is 2. The zero-order valence-electron chi connectivity index (χ0n) is 8.14. The third-order valence-electron chi connectivity index (χ3n) is 2.23. The lowest BCUT2D eigenvalue weighted by Gasteiger charge is -2.00. The lowest BCUT2D eigenvalue weighted by molar-refractivity contribution is 0.476. The Kier molecular flexibility index (Phi) is 2.51. The van der Waals surface area contributed by atoms with Crippen molar-refractivity contribution in [1.82, 2.24) is 4.98 Å². The summed E-state index contributed by atoms with van der Waals surface area (Å²) in [4.78, 5) is 7.56. The highest BCUT2D eigenvalue weighted by Gasteiger charge is 2.00. The summed E-state index contributed by atoms with van der Waals surface area (Å²) in [5, 5.41) is 10.2. The van der Waals surface area contributed by atoms with E-state index in [-0.39, 0.29) is 5.75 Å². The van der Waals surface area contributed by atoms with Gasteiger partial charge >= 0.3 is 0 Å². The zero-order chi connectivity index (χ0) is 10.7. The van der Waals surface area contributed by atoms with Crippen LogP contribution in [0.15, 0.2) is 30.5 Å². The molecule has 0 saturated heterocycles. The fourth-order valence-electron chi connectivity index (χ4n) is 1.49. The van der Waals surface area contributed by atoms with E-state index >= 15 is 0 Å². The molecule has 3 nitrogen and oxygen atoms in total. The molecule has 1 aromatic carbocycles. The highest BCUT2D eigenvalue weighted by Crippen LogP contribution is 2.19.